The average Bonchev–Trinajstić information content (AvgIpc) is 2.49. The molecule has 0 aliphatic rings. The van der Waals surface area contributed by atoms with E-state index in [0.717, 1.165) is 4.68 Å². The molecule has 14 heavy (non-hydrogen) atoms. The molecule has 1 aromatic heterocycles. The van der Waals surface area contributed by atoms with E-state index in [9.17, 15) is 5.11 Å². The summed E-state index contributed by atoms with van der Waals surface area (Å²) in [5.74, 6) is 0.501. The number of hydrogen-bond acceptors (Lipinski definition) is 3. The largest absolute Gasteiger partial charge is 0.493 e. The van der Waals surface area contributed by atoms with Crippen molar-refractivity contribution in [2.45, 2.75) is 7.33 Å². The number of aliphatic hydroxyl groups is 1. The Morgan fingerprint density at radius 1 is 1.57 bits per heavy atom. The van der Waals surface area contributed by atoms with Crippen molar-refractivity contribution in [3.05, 3.63) is 12.4 Å². The first-order valence-corrected chi connectivity index (χ1v) is 6.12. The number of hydrogen-bond donors (Lipinski definition) is 1. The number of rotatable bonds is 2. The molecule has 0 bridgehead atoms. The SMILES string of the molecule is COc1cnn(C(O)(Cl)C(Br)(Br)Br)c1. The zero-order chi connectivity index (χ0) is 11.0. The zero-order valence-corrected chi connectivity index (χ0v) is 12.4. The fourth-order valence-corrected chi connectivity index (χ4v) is 1.34. The first kappa shape index (κ1) is 12.8. The first-order valence-electron chi connectivity index (χ1n) is 3.36. The highest BCUT2D eigenvalue weighted by molar-refractivity contribution is 9.39. The molecule has 1 atom stereocenters. The van der Waals surface area contributed by atoms with Gasteiger partial charge in [-0.3, -0.25) is 0 Å². The Kier molecular flexibility index (Phi) is 3.91. The van der Waals surface area contributed by atoms with Crippen molar-refractivity contribution < 1.29 is 9.84 Å². The normalized spacial score (nSPS) is 16.4. The maximum atomic E-state index is 9.90. The van der Waals surface area contributed by atoms with E-state index in [1.54, 1.807) is 0 Å². The lowest BCUT2D eigenvalue weighted by atomic mass is 10.6. The quantitative estimate of drug-likeness (QED) is 0.759. The van der Waals surface area contributed by atoms with Crippen molar-refractivity contribution in [1.29, 1.82) is 0 Å². The van der Waals surface area contributed by atoms with Crippen molar-refractivity contribution in [3.8, 4) is 5.75 Å². The summed E-state index contributed by atoms with van der Waals surface area (Å²) in [6.07, 6.45) is 2.90. The second-order valence-electron chi connectivity index (χ2n) is 2.41. The molecule has 1 unspecified atom stereocenters. The predicted molar refractivity (Wildman–Crippen MR) is 64.3 cm³/mol. The van der Waals surface area contributed by atoms with Crippen molar-refractivity contribution in [2.75, 3.05) is 7.11 Å². The molecule has 1 N–H and O–H groups in total. The van der Waals surface area contributed by atoms with Gasteiger partial charge in [-0.2, -0.15) is 5.10 Å². The molecule has 1 aromatic rings. The van der Waals surface area contributed by atoms with Gasteiger partial charge in [0.2, 0.25) is 0 Å². The monoisotopic (exact) mass is 410 g/mol. The lowest BCUT2D eigenvalue weighted by molar-refractivity contribution is 0.0540. The third-order valence-electron chi connectivity index (χ3n) is 1.46. The van der Waals surface area contributed by atoms with Crippen molar-refractivity contribution >= 4 is 59.4 Å². The lowest BCUT2D eigenvalue weighted by Gasteiger charge is -2.29. The van der Waals surface area contributed by atoms with Gasteiger partial charge in [-0.05, 0) is 0 Å². The molecule has 0 aromatic carbocycles. The standard InChI is InChI=1S/C6H6Br3ClN2O2/c1-14-4-2-11-12(3-4)6(10,13)5(7,8)9/h2-3,13H,1H3. The van der Waals surface area contributed by atoms with Crippen LogP contribution in [0.5, 0.6) is 5.75 Å². The Hall–Kier alpha value is 0.700. The highest BCUT2D eigenvalue weighted by atomic mass is 80.0. The Morgan fingerprint density at radius 2 is 2.14 bits per heavy atom. The van der Waals surface area contributed by atoms with Gasteiger partial charge in [0.1, 0.15) is 0 Å². The molecule has 0 saturated carbocycles. The van der Waals surface area contributed by atoms with Gasteiger partial charge in [0.25, 0.3) is 5.18 Å². The molecule has 80 valence electrons. The summed E-state index contributed by atoms with van der Waals surface area (Å²) in [6, 6.07) is 0. The molecule has 4 nitrogen and oxygen atoms in total. The number of halogens is 4. The van der Waals surface area contributed by atoms with Gasteiger partial charge in [0.15, 0.2) is 7.89 Å². The van der Waals surface area contributed by atoms with Gasteiger partial charge in [-0.15, -0.1) is 0 Å². The fourth-order valence-electron chi connectivity index (χ4n) is 0.704. The van der Waals surface area contributed by atoms with Crippen LogP contribution < -0.4 is 4.74 Å². The van der Waals surface area contributed by atoms with Crippen LogP contribution in [0.2, 0.25) is 0 Å². The van der Waals surface area contributed by atoms with Crippen LogP contribution in [-0.2, 0) is 5.18 Å². The van der Waals surface area contributed by atoms with E-state index >= 15 is 0 Å². The summed E-state index contributed by atoms with van der Waals surface area (Å²) in [5.41, 5.74) is 0. The van der Waals surface area contributed by atoms with E-state index in [-0.39, 0.29) is 0 Å². The Bertz CT molecular complexity index is 323. The summed E-state index contributed by atoms with van der Waals surface area (Å²) in [7, 11) is 1.50. The van der Waals surface area contributed by atoms with E-state index in [2.05, 4.69) is 52.9 Å². The number of methoxy groups -OCH3 is 1. The van der Waals surface area contributed by atoms with E-state index in [1.165, 1.54) is 19.5 Å². The molecule has 0 aliphatic heterocycles. The van der Waals surface area contributed by atoms with E-state index in [4.69, 9.17) is 16.3 Å². The van der Waals surface area contributed by atoms with E-state index in [0.29, 0.717) is 5.75 Å². The zero-order valence-electron chi connectivity index (χ0n) is 6.92. The van der Waals surface area contributed by atoms with Crippen LogP contribution in [0.1, 0.15) is 0 Å². The lowest BCUT2D eigenvalue weighted by Crippen LogP contribution is -2.39. The smallest absolute Gasteiger partial charge is 0.271 e. The summed E-state index contributed by atoms with van der Waals surface area (Å²) < 4.78 is 4.96. The molecule has 0 saturated heterocycles. The molecule has 8 heteroatoms. The van der Waals surface area contributed by atoms with Crippen LogP contribution in [0, 0.1) is 0 Å². The molecule has 0 spiro atoms. The Balaban J connectivity index is 3.04. The van der Waals surface area contributed by atoms with Gasteiger partial charge in [-0.1, -0.05) is 59.4 Å². The van der Waals surface area contributed by atoms with Crippen LogP contribution in [0.4, 0.5) is 0 Å². The van der Waals surface area contributed by atoms with Crippen molar-refractivity contribution in [3.63, 3.8) is 0 Å². The molecule has 1 rings (SSSR count). The summed E-state index contributed by atoms with van der Waals surface area (Å²) in [5, 5.41) is 11.9. The number of alkyl halides is 4. The minimum absolute atomic E-state index is 0.501. The van der Waals surface area contributed by atoms with Crippen LogP contribution in [0.25, 0.3) is 0 Å². The highest BCUT2D eigenvalue weighted by Gasteiger charge is 2.46. The molecular weight excluding hydrogens is 407 g/mol. The second-order valence-corrected chi connectivity index (χ2v) is 9.70. The summed E-state index contributed by atoms with van der Waals surface area (Å²) in [6.45, 7) is 0. The Morgan fingerprint density at radius 3 is 2.50 bits per heavy atom. The van der Waals surface area contributed by atoms with Gasteiger partial charge < -0.3 is 9.84 Å². The van der Waals surface area contributed by atoms with Gasteiger partial charge >= 0.3 is 0 Å². The van der Waals surface area contributed by atoms with Crippen LogP contribution in [0.3, 0.4) is 0 Å². The number of aromatic nitrogens is 2. The van der Waals surface area contributed by atoms with E-state index < -0.39 is 7.33 Å². The average molecular weight is 413 g/mol. The predicted octanol–water partition coefficient (Wildman–Crippen LogP) is 2.57. The number of ether oxygens (including phenoxy) is 1. The van der Waals surface area contributed by atoms with Crippen LogP contribution in [-0.4, -0.2) is 24.1 Å². The highest BCUT2D eigenvalue weighted by Crippen LogP contribution is 2.49. The molecule has 0 radical (unpaired) electrons. The van der Waals surface area contributed by atoms with Gasteiger partial charge in [0, 0.05) is 0 Å². The van der Waals surface area contributed by atoms with Crippen molar-refractivity contribution in [2.24, 2.45) is 0 Å². The van der Waals surface area contributed by atoms with Crippen molar-refractivity contribution in [1.82, 2.24) is 9.78 Å². The minimum Gasteiger partial charge on any atom is -0.493 e. The molecule has 1 heterocycles. The number of nitrogens with zero attached hydrogens (tertiary/aromatic N) is 2. The molecule has 0 amide bonds. The van der Waals surface area contributed by atoms with Gasteiger partial charge in [0.05, 0.1) is 19.5 Å². The first-order chi connectivity index (χ1) is 6.29. The molecular formula is C6H6Br3ClN2O2. The third-order valence-corrected chi connectivity index (χ3v) is 4.26. The molecule has 0 aliphatic carbocycles. The van der Waals surface area contributed by atoms with Crippen LogP contribution >= 0.6 is 59.4 Å². The minimum atomic E-state index is -1.80. The second kappa shape index (κ2) is 4.29. The fraction of sp³-hybridized carbons (Fsp3) is 0.500. The Labute approximate surface area is 111 Å². The maximum Gasteiger partial charge on any atom is 0.271 e. The topological polar surface area (TPSA) is 47.3 Å². The third kappa shape index (κ3) is 2.44. The maximum absolute atomic E-state index is 9.90. The van der Waals surface area contributed by atoms with Crippen LogP contribution in [0.15, 0.2) is 12.4 Å². The van der Waals surface area contributed by atoms with Gasteiger partial charge in [-0.25, -0.2) is 4.68 Å². The molecule has 0 fully saturated rings. The van der Waals surface area contributed by atoms with E-state index in [1.807, 2.05) is 0 Å². The summed E-state index contributed by atoms with van der Waals surface area (Å²) in [4.78, 5) is 0. The summed E-state index contributed by atoms with van der Waals surface area (Å²) >= 11 is 15.2.